The smallest absolute Gasteiger partial charge is 0.228 e. The molecule has 6 heteroatoms. The Hall–Kier alpha value is -2.37. The maximum absolute atomic E-state index is 5.10. The third-order valence-electron chi connectivity index (χ3n) is 3.50. The van der Waals surface area contributed by atoms with Crippen molar-refractivity contribution in [2.75, 3.05) is 19.6 Å². The summed E-state index contributed by atoms with van der Waals surface area (Å²) in [6, 6.07) is 6.66. The number of aryl methyl sites for hydroxylation is 3. The van der Waals surface area contributed by atoms with Crippen molar-refractivity contribution in [3.05, 3.63) is 46.6 Å². The van der Waals surface area contributed by atoms with Crippen molar-refractivity contribution in [2.24, 2.45) is 4.99 Å². The Bertz CT molecular complexity index is 658. The van der Waals surface area contributed by atoms with Gasteiger partial charge in [0.2, 0.25) is 5.89 Å². The first-order valence-electron chi connectivity index (χ1n) is 8.45. The number of guanidine groups is 1. The first kappa shape index (κ1) is 18.0. The number of benzene rings is 1. The maximum atomic E-state index is 5.10. The van der Waals surface area contributed by atoms with Gasteiger partial charge in [-0.3, -0.25) is 4.99 Å². The molecule has 0 atom stereocenters. The summed E-state index contributed by atoms with van der Waals surface area (Å²) < 4.78 is 5.10. The third-order valence-corrected chi connectivity index (χ3v) is 3.50. The predicted octanol–water partition coefficient (Wildman–Crippen LogP) is 2.34. The topological polar surface area (TPSA) is 75.3 Å². The van der Waals surface area contributed by atoms with Crippen LogP contribution in [-0.4, -0.2) is 35.7 Å². The molecule has 2 rings (SSSR count). The minimum absolute atomic E-state index is 0.612. The van der Waals surface area contributed by atoms with E-state index in [4.69, 9.17) is 4.52 Å². The number of aliphatic imine (C=N–C) groups is 1. The van der Waals surface area contributed by atoms with E-state index in [9.17, 15) is 0 Å². The highest BCUT2D eigenvalue weighted by atomic mass is 16.5. The highest BCUT2D eigenvalue weighted by Crippen LogP contribution is 2.08. The molecule has 24 heavy (non-hydrogen) atoms. The fraction of sp³-hybridized carbons (Fsp3) is 0.500. The maximum Gasteiger partial charge on any atom is 0.228 e. The molecule has 1 aromatic heterocycles. The summed E-state index contributed by atoms with van der Waals surface area (Å²) in [7, 11) is 0. The van der Waals surface area contributed by atoms with Crippen LogP contribution >= 0.6 is 0 Å². The molecule has 2 aromatic rings. The van der Waals surface area contributed by atoms with Crippen LogP contribution in [0, 0.1) is 20.8 Å². The van der Waals surface area contributed by atoms with Gasteiger partial charge in [-0.05, 0) is 39.7 Å². The second-order valence-electron chi connectivity index (χ2n) is 5.92. The van der Waals surface area contributed by atoms with Crippen LogP contribution in [0.5, 0.6) is 0 Å². The Morgan fingerprint density at radius 3 is 2.46 bits per heavy atom. The molecule has 0 spiro atoms. The van der Waals surface area contributed by atoms with E-state index < -0.39 is 0 Å². The van der Waals surface area contributed by atoms with Gasteiger partial charge in [0.05, 0.1) is 6.54 Å². The Balaban J connectivity index is 1.82. The first-order valence-corrected chi connectivity index (χ1v) is 8.45. The van der Waals surface area contributed by atoms with Crippen LogP contribution in [0.25, 0.3) is 0 Å². The fourth-order valence-corrected chi connectivity index (χ4v) is 2.59. The molecular formula is C18H27N5O. The van der Waals surface area contributed by atoms with Crippen molar-refractivity contribution < 1.29 is 4.52 Å². The molecule has 0 amide bonds. The van der Waals surface area contributed by atoms with Gasteiger partial charge in [-0.15, -0.1) is 0 Å². The Kier molecular flexibility index (Phi) is 6.78. The minimum atomic E-state index is 0.612. The van der Waals surface area contributed by atoms with Gasteiger partial charge in [-0.1, -0.05) is 34.5 Å². The number of hydrogen-bond donors (Lipinski definition) is 2. The number of rotatable bonds is 7. The van der Waals surface area contributed by atoms with Gasteiger partial charge >= 0.3 is 0 Å². The lowest BCUT2D eigenvalue weighted by Crippen LogP contribution is -2.38. The van der Waals surface area contributed by atoms with E-state index in [0.717, 1.165) is 25.5 Å². The standard InChI is InChI=1S/C18H27N5O/c1-5-19-18(21-9-7-17-22-15(4)23-24-17)20-8-6-16-11-13(2)10-14(3)12-16/h10-12H,5-9H2,1-4H3,(H2,19,20,21). The van der Waals surface area contributed by atoms with E-state index in [1.165, 1.54) is 16.7 Å². The molecule has 0 bridgehead atoms. The molecule has 6 nitrogen and oxygen atoms in total. The van der Waals surface area contributed by atoms with Crippen LogP contribution < -0.4 is 10.6 Å². The molecule has 0 aliphatic carbocycles. The molecule has 0 saturated carbocycles. The summed E-state index contributed by atoms with van der Waals surface area (Å²) in [4.78, 5) is 8.73. The van der Waals surface area contributed by atoms with E-state index in [2.05, 4.69) is 64.7 Å². The lowest BCUT2D eigenvalue weighted by atomic mass is 10.1. The molecule has 0 fully saturated rings. The Morgan fingerprint density at radius 1 is 1.08 bits per heavy atom. The summed E-state index contributed by atoms with van der Waals surface area (Å²) in [5.74, 6) is 2.10. The van der Waals surface area contributed by atoms with Gasteiger partial charge < -0.3 is 15.2 Å². The van der Waals surface area contributed by atoms with Gasteiger partial charge in [-0.2, -0.15) is 4.98 Å². The van der Waals surface area contributed by atoms with Crippen LogP contribution in [0.15, 0.2) is 27.7 Å². The van der Waals surface area contributed by atoms with E-state index in [1.54, 1.807) is 0 Å². The molecule has 0 unspecified atom stereocenters. The molecular weight excluding hydrogens is 302 g/mol. The zero-order chi connectivity index (χ0) is 17.4. The SMILES string of the molecule is CCNC(=NCCc1nc(C)no1)NCCc1cc(C)cc(C)c1. The molecule has 0 aliphatic heterocycles. The number of aromatic nitrogens is 2. The Labute approximate surface area is 143 Å². The zero-order valence-corrected chi connectivity index (χ0v) is 15.0. The van der Waals surface area contributed by atoms with E-state index in [1.807, 2.05) is 6.92 Å². The van der Waals surface area contributed by atoms with Crippen molar-refractivity contribution in [2.45, 2.75) is 40.5 Å². The van der Waals surface area contributed by atoms with Crippen LogP contribution in [-0.2, 0) is 12.8 Å². The van der Waals surface area contributed by atoms with Crippen LogP contribution in [0.3, 0.4) is 0 Å². The van der Waals surface area contributed by atoms with E-state index in [-0.39, 0.29) is 0 Å². The molecule has 0 aliphatic rings. The minimum Gasteiger partial charge on any atom is -0.357 e. The lowest BCUT2D eigenvalue weighted by molar-refractivity contribution is 0.376. The van der Waals surface area contributed by atoms with Crippen molar-refractivity contribution >= 4 is 5.96 Å². The highest BCUT2D eigenvalue weighted by molar-refractivity contribution is 5.79. The summed E-state index contributed by atoms with van der Waals surface area (Å²) in [6.07, 6.45) is 1.62. The van der Waals surface area contributed by atoms with Crippen LogP contribution in [0.1, 0.15) is 35.3 Å². The molecule has 0 radical (unpaired) electrons. The van der Waals surface area contributed by atoms with E-state index >= 15 is 0 Å². The quantitative estimate of drug-likeness (QED) is 0.602. The van der Waals surface area contributed by atoms with Gasteiger partial charge in [-0.25, -0.2) is 0 Å². The second-order valence-corrected chi connectivity index (χ2v) is 5.92. The normalized spacial score (nSPS) is 11.6. The van der Waals surface area contributed by atoms with E-state index in [0.29, 0.717) is 24.7 Å². The van der Waals surface area contributed by atoms with Gasteiger partial charge in [0.1, 0.15) is 0 Å². The Morgan fingerprint density at radius 2 is 1.83 bits per heavy atom. The van der Waals surface area contributed by atoms with Crippen molar-refractivity contribution in [1.82, 2.24) is 20.8 Å². The number of nitrogens with zero attached hydrogens (tertiary/aromatic N) is 3. The van der Waals surface area contributed by atoms with Gasteiger partial charge in [0.15, 0.2) is 11.8 Å². The molecule has 2 N–H and O–H groups in total. The van der Waals surface area contributed by atoms with Gasteiger partial charge in [0.25, 0.3) is 0 Å². The predicted molar refractivity (Wildman–Crippen MR) is 96.3 cm³/mol. The first-order chi connectivity index (χ1) is 11.6. The lowest BCUT2D eigenvalue weighted by Gasteiger charge is -2.11. The zero-order valence-electron chi connectivity index (χ0n) is 15.0. The second kappa shape index (κ2) is 9.05. The average molecular weight is 329 g/mol. The third kappa shape index (κ3) is 6.02. The summed E-state index contributed by atoms with van der Waals surface area (Å²) in [6.45, 7) is 10.4. The molecule has 1 aromatic carbocycles. The summed E-state index contributed by atoms with van der Waals surface area (Å²) in [5, 5.41) is 10.4. The van der Waals surface area contributed by atoms with Crippen molar-refractivity contribution in [3.8, 4) is 0 Å². The molecule has 1 heterocycles. The van der Waals surface area contributed by atoms with Gasteiger partial charge in [0, 0.05) is 19.5 Å². The van der Waals surface area contributed by atoms with Crippen molar-refractivity contribution in [1.29, 1.82) is 0 Å². The number of hydrogen-bond acceptors (Lipinski definition) is 4. The van der Waals surface area contributed by atoms with Crippen LogP contribution in [0.2, 0.25) is 0 Å². The largest absolute Gasteiger partial charge is 0.357 e. The molecule has 0 saturated heterocycles. The molecule has 130 valence electrons. The fourth-order valence-electron chi connectivity index (χ4n) is 2.59. The monoisotopic (exact) mass is 329 g/mol. The summed E-state index contributed by atoms with van der Waals surface area (Å²) >= 11 is 0. The average Bonchev–Trinajstić information content (AvgIpc) is 2.92. The number of nitrogens with one attached hydrogen (secondary N) is 2. The highest BCUT2D eigenvalue weighted by Gasteiger charge is 2.03. The van der Waals surface area contributed by atoms with Crippen LogP contribution in [0.4, 0.5) is 0 Å². The summed E-state index contributed by atoms with van der Waals surface area (Å²) in [5.41, 5.74) is 3.96. The van der Waals surface area contributed by atoms with Crippen molar-refractivity contribution in [3.63, 3.8) is 0 Å².